The Balaban J connectivity index is 0.00000312. The molecule has 1 aliphatic heterocycles. The van der Waals surface area contributed by atoms with E-state index in [1.165, 1.54) is 5.56 Å². The van der Waals surface area contributed by atoms with E-state index in [9.17, 15) is 4.79 Å². The number of likely N-dealkylation sites (tertiary alicyclic amines) is 1. The van der Waals surface area contributed by atoms with Crippen LogP contribution in [0.15, 0.2) is 17.4 Å². The summed E-state index contributed by atoms with van der Waals surface area (Å²) in [5.41, 5.74) is 1.27. The maximum atomic E-state index is 11.9. The van der Waals surface area contributed by atoms with Crippen LogP contribution in [0.5, 0.6) is 0 Å². The number of likely N-dealkylation sites (N-methyl/N-ethyl adjacent to an activating group) is 1. The molecule has 0 aliphatic carbocycles. The molecule has 0 bridgehead atoms. The van der Waals surface area contributed by atoms with E-state index < -0.39 is 0 Å². The number of carbonyl (C=O) groups is 1. The minimum absolute atomic E-state index is 0. The fraction of sp³-hybridized carbons (Fsp3) is 0.706. The summed E-state index contributed by atoms with van der Waals surface area (Å²) in [6.45, 7) is 6.31. The lowest BCUT2D eigenvalue weighted by Gasteiger charge is -2.25. The number of hydrogen-bond acceptors (Lipinski definition) is 3. The van der Waals surface area contributed by atoms with E-state index in [0.29, 0.717) is 12.0 Å². The lowest BCUT2D eigenvalue weighted by atomic mass is 10.0. The number of aryl methyl sites for hydroxylation is 1. The molecule has 1 aliphatic rings. The number of carbonyl (C=O) groups excluding carboxylic acids is 1. The quantitative estimate of drug-likeness (QED) is 0.411. The van der Waals surface area contributed by atoms with Crippen molar-refractivity contribution in [2.75, 3.05) is 33.7 Å². The highest BCUT2D eigenvalue weighted by Crippen LogP contribution is 2.26. The lowest BCUT2D eigenvalue weighted by Crippen LogP contribution is -2.44. The second kappa shape index (κ2) is 9.98. The molecule has 2 atom stereocenters. The molecule has 1 fully saturated rings. The Kier molecular flexibility index (Phi) is 8.67. The first kappa shape index (κ1) is 21.7. The van der Waals surface area contributed by atoms with Gasteiger partial charge in [0.05, 0.1) is 6.20 Å². The topological polar surface area (TPSA) is 65.8 Å². The molecule has 8 heteroatoms. The summed E-state index contributed by atoms with van der Waals surface area (Å²) in [5, 5.41) is 7.74. The first-order valence-electron chi connectivity index (χ1n) is 8.65. The minimum atomic E-state index is 0. The molecule has 2 heterocycles. The molecular weight excluding hydrogens is 431 g/mol. The number of halogens is 1. The fourth-order valence-electron chi connectivity index (χ4n) is 2.72. The van der Waals surface area contributed by atoms with Crippen molar-refractivity contribution in [1.29, 1.82) is 0 Å². The van der Waals surface area contributed by atoms with Gasteiger partial charge in [0.2, 0.25) is 5.91 Å². The molecule has 1 saturated heterocycles. The molecule has 25 heavy (non-hydrogen) atoms. The first-order chi connectivity index (χ1) is 11.4. The fourth-order valence-corrected chi connectivity index (χ4v) is 2.72. The zero-order valence-corrected chi connectivity index (χ0v) is 18.2. The zero-order chi connectivity index (χ0) is 17.7. The van der Waals surface area contributed by atoms with Crippen molar-refractivity contribution >= 4 is 35.8 Å². The van der Waals surface area contributed by atoms with Gasteiger partial charge in [0.1, 0.15) is 6.54 Å². The smallest absolute Gasteiger partial charge is 0.243 e. The van der Waals surface area contributed by atoms with Crippen LogP contribution in [0, 0.1) is 0 Å². The number of nitrogens with zero attached hydrogens (tertiary/aromatic N) is 5. The van der Waals surface area contributed by atoms with Gasteiger partial charge >= 0.3 is 0 Å². The molecule has 1 aromatic rings. The van der Waals surface area contributed by atoms with E-state index in [-0.39, 0.29) is 36.4 Å². The molecule has 0 saturated carbocycles. The van der Waals surface area contributed by atoms with Crippen LogP contribution in [0.2, 0.25) is 0 Å². The number of rotatable bonds is 5. The van der Waals surface area contributed by atoms with Gasteiger partial charge in [-0.15, -0.1) is 24.0 Å². The third kappa shape index (κ3) is 6.16. The van der Waals surface area contributed by atoms with Crippen LogP contribution in [-0.4, -0.2) is 71.2 Å². The lowest BCUT2D eigenvalue weighted by molar-refractivity contribution is -0.127. The molecule has 0 spiro atoms. The average Bonchev–Trinajstić information content (AvgIpc) is 3.19. The maximum Gasteiger partial charge on any atom is 0.243 e. The standard InChI is InChI=1S/C17H30N6O.HI/c1-6-13(2)20-17(18-10-16(24)21(3)4)23-8-7-14(12-23)15-9-19-22(5)11-15;/h9,11,13-14H,6-8,10,12H2,1-5H3,(H,18,20);1H. The summed E-state index contributed by atoms with van der Waals surface area (Å²) in [6.07, 6.45) is 6.13. The van der Waals surface area contributed by atoms with Gasteiger partial charge in [0.25, 0.3) is 0 Å². The van der Waals surface area contributed by atoms with Crippen molar-refractivity contribution in [2.24, 2.45) is 12.0 Å². The molecule has 1 N–H and O–H groups in total. The van der Waals surface area contributed by atoms with Gasteiger partial charge in [0.15, 0.2) is 5.96 Å². The van der Waals surface area contributed by atoms with Crippen LogP contribution in [-0.2, 0) is 11.8 Å². The molecule has 142 valence electrons. The van der Waals surface area contributed by atoms with E-state index in [4.69, 9.17) is 0 Å². The highest BCUT2D eigenvalue weighted by molar-refractivity contribution is 14.0. The van der Waals surface area contributed by atoms with Crippen LogP contribution < -0.4 is 5.32 Å². The largest absolute Gasteiger partial charge is 0.354 e. The number of nitrogens with one attached hydrogen (secondary N) is 1. The molecule has 2 rings (SSSR count). The second-order valence-electron chi connectivity index (χ2n) is 6.76. The van der Waals surface area contributed by atoms with Crippen molar-refractivity contribution in [3.8, 4) is 0 Å². The summed E-state index contributed by atoms with van der Waals surface area (Å²) >= 11 is 0. The Morgan fingerprint density at radius 2 is 2.24 bits per heavy atom. The normalized spacial score (nSPS) is 18.7. The number of amides is 1. The van der Waals surface area contributed by atoms with Gasteiger partial charge in [-0.2, -0.15) is 5.10 Å². The van der Waals surface area contributed by atoms with Crippen LogP contribution in [0.4, 0.5) is 0 Å². The van der Waals surface area contributed by atoms with Crippen LogP contribution in [0.25, 0.3) is 0 Å². The van der Waals surface area contributed by atoms with E-state index in [0.717, 1.165) is 31.9 Å². The number of aromatic nitrogens is 2. The Hall–Kier alpha value is -1.32. The molecule has 7 nitrogen and oxygen atoms in total. The van der Waals surface area contributed by atoms with E-state index in [1.54, 1.807) is 19.0 Å². The number of guanidine groups is 1. The second-order valence-corrected chi connectivity index (χ2v) is 6.76. The van der Waals surface area contributed by atoms with Gasteiger partial charge in [-0.25, -0.2) is 4.99 Å². The van der Waals surface area contributed by atoms with Crippen molar-refractivity contribution in [3.63, 3.8) is 0 Å². The monoisotopic (exact) mass is 462 g/mol. The Morgan fingerprint density at radius 3 is 2.80 bits per heavy atom. The zero-order valence-electron chi connectivity index (χ0n) is 15.9. The van der Waals surface area contributed by atoms with Crippen LogP contribution >= 0.6 is 24.0 Å². The van der Waals surface area contributed by atoms with Gasteiger partial charge in [-0.1, -0.05) is 6.92 Å². The predicted molar refractivity (Wildman–Crippen MR) is 111 cm³/mol. The first-order valence-corrected chi connectivity index (χ1v) is 8.65. The van der Waals surface area contributed by atoms with Crippen molar-refractivity contribution in [2.45, 2.75) is 38.6 Å². The molecule has 2 unspecified atom stereocenters. The van der Waals surface area contributed by atoms with Gasteiger partial charge in [-0.3, -0.25) is 9.48 Å². The molecule has 0 radical (unpaired) electrons. The maximum absolute atomic E-state index is 11.9. The van der Waals surface area contributed by atoms with E-state index in [1.807, 2.05) is 17.9 Å². The predicted octanol–water partition coefficient (Wildman–Crippen LogP) is 1.66. The highest BCUT2D eigenvalue weighted by atomic mass is 127. The molecule has 1 aromatic heterocycles. The molecule has 0 aromatic carbocycles. The molecule has 1 amide bonds. The van der Waals surface area contributed by atoms with Crippen molar-refractivity contribution in [1.82, 2.24) is 24.9 Å². The van der Waals surface area contributed by atoms with E-state index >= 15 is 0 Å². The Bertz CT molecular complexity index is 585. The average molecular weight is 462 g/mol. The van der Waals surface area contributed by atoms with E-state index in [2.05, 4.69) is 40.4 Å². The van der Waals surface area contributed by atoms with Crippen LogP contribution in [0.3, 0.4) is 0 Å². The van der Waals surface area contributed by atoms with Crippen LogP contribution in [0.1, 0.15) is 38.2 Å². The van der Waals surface area contributed by atoms with Crippen molar-refractivity contribution < 1.29 is 4.79 Å². The summed E-state index contributed by atoms with van der Waals surface area (Å²) in [6, 6.07) is 0.329. The third-order valence-electron chi connectivity index (χ3n) is 4.53. The summed E-state index contributed by atoms with van der Waals surface area (Å²) in [4.78, 5) is 20.3. The summed E-state index contributed by atoms with van der Waals surface area (Å²) in [5.74, 6) is 1.32. The summed E-state index contributed by atoms with van der Waals surface area (Å²) in [7, 11) is 5.46. The van der Waals surface area contributed by atoms with Gasteiger partial charge in [-0.05, 0) is 25.3 Å². The third-order valence-corrected chi connectivity index (χ3v) is 4.53. The van der Waals surface area contributed by atoms with Gasteiger partial charge < -0.3 is 15.1 Å². The minimum Gasteiger partial charge on any atom is -0.354 e. The Labute approximate surface area is 167 Å². The Morgan fingerprint density at radius 1 is 1.52 bits per heavy atom. The number of aliphatic imine (C=N–C) groups is 1. The molecular formula is C17H31IN6O. The number of hydrogen-bond donors (Lipinski definition) is 1. The van der Waals surface area contributed by atoms with Gasteiger partial charge in [0, 0.05) is 52.4 Å². The van der Waals surface area contributed by atoms with Crippen molar-refractivity contribution in [3.05, 3.63) is 18.0 Å². The highest BCUT2D eigenvalue weighted by Gasteiger charge is 2.27. The summed E-state index contributed by atoms with van der Waals surface area (Å²) < 4.78 is 1.85. The SMILES string of the molecule is CCC(C)NC(=NCC(=O)N(C)C)N1CCC(c2cnn(C)c2)C1.I.